The van der Waals surface area contributed by atoms with E-state index in [2.05, 4.69) is 5.32 Å². The van der Waals surface area contributed by atoms with Crippen molar-refractivity contribution in [2.45, 2.75) is 19.8 Å². The number of hydrogen-bond acceptors (Lipinski definition) is 4. The third-order valence-electron chi connectivity index (χ3n) is 5.14. The van der Waals surface area contributed by atoms with Crippen molar-refractivity contribution < 1.29 is 19.0 Å². The molecule has 2 aliphatic heterocycles. The Kier molecular flexibility index (Phi) is 6.15. The summed E-state index contributed by atoms with van der Waals surface area (Å²) < 4.78 is 16.1. The first kappa shape index (κ1) is 18.0. The molecule has 0 aliphatic carbocycles. The Morgan fingerprint density at radius 1 is 1.32 bits per heavy atom. The Hall–Kier alpha value is -1.79. The van der Waals surface area contributed by atoms with E-state index in [1.54, 1.807) is 7.11 Å². The van der Waals surface area contributed by atoms with Crippen LogP contribution in [0.1, 0.15) is 18.4 Å². The second-order valence-corrected chi connectivity index (χ2v) is 6.87. The number of carbonyl (C=O) groups excluding carboxylic acids is 1. The molecule has 2 heterocycles. The van der Waals surface area contributed by atoms with Crippen LogP contribution >= 0.6 is 0 Å². The lowest BCUT2D eigenvalue weighted by molar-refractivity contribution is 0.146. The Bertz CT molecular complexity index is 587. The fraction of sp³-hybridized carbons (Fsp3) is 0.632. The highest BCUT2D eigenvalue weighted by Gasteiger charge is 2.33. The largest absolute Gasteiger partial charge is 0.491 e. The summed E-state index contributed by atoms with van der Waals surface area (Å²) in [7, 11) is 1.65. The molecule has 0 radical (unpaired) electrons. The molecule has 1 aromatic carbocycles. The monoisotopic (exact) mass is 348 g/mol. The number of methoxy groups -OCH3 is 1. The lowest BCUT2D eigenvalue weighted by Gasteiger charge is -2.20. The first-order valence-electron chi connectivity index (χ1n) is 9.03. The van der Waals surface area contributed by atoms with Gasteiger partial charge in [-0.25, -0.2) is 4.79 Å². The van der Waals surface area contributed by atoms with Crippen molar-refractivity contribution in [3.63, 3.8) is 0 Å². The molecule has 2 unspecified atom stereocenters. The molecule has 1 N–H and O–H groups in total. The van der Waals surface area contributed by atoms with Gasteiger partial charge in [-0.2, -0.15) is 0 Å². The van der Waals surface area contributed by atoms with Crippen molar-refractivity contribution in [1.29, 1.82) is 0 Å². The van der Waals surface area contributed by atoms with Crippen molar-refractivity contribution >= 4 is 11.7 Å². The number of nitrogens with zero attached hydrogens (tertiary/aromatic N) is 1. The van der Waals surface area contributed by atoms with Crippen LogP contribution < -0.4 is 10.1 Å². The van der Waals surface area contributed by atoms with Gasteiger partial charge in [-0.15, -0.1) is 0 Å². The van der Waals surface area contributed by atoms with Crippen LogP contribution in [-0.2, 0) is 9.47 Å². The lowest BCUT2D eigenvalue weighted by Crippen LogP contribution is -2.34. The number of nitrogens with one attached hydrogen (secondary N) is 1. The van der Waals surface area contributed by atoms with E-state index < -0.39 is 0 Å². The molecule has 2 saturated heterocycles. The van der Waals surface area contributed by atoms with Gasteiger partial charge < -0.3 is 24.4 Å². The zero-order chi connectivity index (χ0) is 17.6. The number of carbonyl (C=O) groups is 1. The molecule has 2 aliphatic rings. The van der Waals surface area contributed by atoms with Crippen LogP contribution in [0.25, 0.3) is 0 Å². The average molecular weight is 348 g/mol. The summed E-state index contributed by atoms with van der Waals surface area (Å²) in [6.07, 6.45) is 2.20. The first-order valence-corrected chi connectivity index (χ1v) is 9.03. The fourth-order valence-electron chi connectivity index (χ4n) is 3.58. The number of benzene rings is 1. The summed E-state index contributed by atoms with van der Waals surface area (Å²) in [5.74, 6) is 1.98. The SMILES string of the molecule is COCCOc1ccc(NC(=O)N2CCC(C3CCOC3)C2)c(C)c1. The van der Waals surface area contributed by atoms with E-state index in [4.69, 9.17) is 14.2 Å². The molecule has 0 aromatic heterocycles. The molecule has 0 saturated carbocycles. The van der Waals surface area contributed by atoms with Gasteiger partial charge in [0.1, 0.15) is 12.4 Å². The highest BCUT2D eigenvalue weighted by Crippen LogP contribution is 2.30. The van der Waals surface area contributed by atoms with Gasteiger partial charge in [-0.1, -0.05) is 0 Å². The smallest absolute Gasteiger partial charge is 0.321 e. The first-order chi connectivity index (χ1) is 12.2. The van der Waals surface area contributed by atoms with Crippen LogP contribution in [0, 0.1) is 18.8 Å². The van der Waals surface area contributed by atoms with Crippen molar-refractivity contribution in [1.82, 2.24) is 4.90 Å². The van der Waals surface area contributed by atoms with Crippen molar-refractivity contribution in [2.75, 3.05) is 51.9 Å². The molecule has 138 valence electrons. The number of rotatable bonds is 6. The van der Waals surface area contributed by atoms with Gasteiger partial charge in [0, 0.05) is 39.1 Å². The van der Waals surface area contributed by atoms with Gasteiger partial charge in [0.25, 0.3) is 0 Å². The molecule has 3 rings (SSSR count). The number of ether oxygens (including phenoxy) is 3. The summed E-state index contributed by atoms with van der Waals surface area (Å²) in [6, 6.07) is 5.69. The summed E-state index contributed by atoms with van der Waals surface area (Å²) in [6.45, 7) is 6.42. The molecule has 2 fully saturated rings. The molecule has 2 atom stereocenters. The van der Waals surface area contributed by atoms with Crippen LogP contribution in [0.5, 0.6) is 5.75 Å². The molecule has 0 bridgehead atoms. The highest BCUT2D eigenvalue weighted by atomic mass is 16.5. The molecular formula is C19H28N2O4. The van der Waals surface area contributed by atoms with Crippen LogP contribution in [0.4, 0.5) is 10.5 Å². The number of hydrogen-bond donors (Lipinski definition) is 1. The van der Waals surface area contributed by atoms with Crippen LogP contribution in [0.15, 0.2) is 18.2 Å². The molecule has 2 amide bonds. The topological polar surface area (TPSA) is 60.0 Å². The van der Waals surface area contributed by atoms with Crippen LogP contribution in [0.3, 0.4) is 0 Å². The van der Waals surface area contributed by atoms with Crippen LogP contribution in [-0.4, -0.2) is 57.6 Å². The number of aryl methyl sites for hydroxylation is 1. The minimum Gasteiger partial charge on any atom is -0.491 e. The summed E-state index contributed by atoms with van der Waals surface area (Å²) >= 11 is 0. The van der Waals surface area contributed by atoms with Gasteiger partial charge in [-0.05, 0) is 55.4 Å². The molecule has 6 nitrogen and oxygen atoms in total. The maximum atomic E-state index is 12.6. The normalized spacial score (nSPS) is 23.0. The second-order valence-electron chi connectivity index (χ2n) is 6.87. The predicted molar refractivity (Wildman–Crippen MR) is 96.2 cm³/mol. The Balaban J connectivity index is 1.52. The molecular weight excluding hydrogens is 320 g/mol. The lowest BCUT2D eigenvalue weighted by atomic mass is 9.91. The summed E-state index contributed by atoms with van der Waals surface area (Å²) in [5.41, 5.74) is 1.82. The minimum absolute atomic E-state index is 0.0161. The Morgan fingerprint density at radius 3 is 2.92 bits per heavy atom. The highest BCUT2D eigenvalue weighted by molar-refractivity contribution is 5.90. The van der Waals surface area contributed by atoms with Gasteiger partial charge >= 0.3 is 6.03 Å². The predicted octanol–water partition coefficient (Wildman–Crippen LogP) is 2.91. The van der Waals surface area contributed by atoms with Crippen molar-refractivity contribution in [3.8, 4) is 5.75 Å². The van der Waals surface area contributed by atoms with Crippen molar-refractivity contribution in [3.05, 3.63) is 23.8 Å². The van der Waals surface area contributed by atoms with Gasteiger partial charge in [0.15, 0.2) is 0 Å². The zero-order valence-electron chi connectivity index (χ0n) is 15.1. The maximum Gasteiger partial charge on any atom is 0.321 e. The van der Waals surface area contributed by atoms with E-state index in [-0.39, 0.29) is 6.03 Å². The van der Waals surface area contributed by atoms with Crippen LogP contribution in [0.2, 0.25) is 0 Å². The fourth-order valence-corrected chi connectivity index (χ4v) is 3.58. The summed E-state index contributed by atoms with van der Waals surface area (Å²) in [5, 5.41) is 3.03. The maximum absolute atomic E-state index is 12.6. The van der Waals surface area contributed by atoms with E-state index in [0.29, 0.717) is 25.0 Å². The van der Waals surface area contributed by atoms with E-state index in [0.717, 1.165) is 56.1 Å². The average Bonchev–Trinajstić information content (AvgIpc) is 3.28. The van der Waals surface area contributed by atoms with Crippen molar-refractivity contribution in [2.24, 2.45) is 11.8 Å². The molecule has 1 aromatic rings. The second kappa shape index (κ2) is 8.54. The Labute approximate surface area is 149 Å². The number of urea groups is 1. The third-order valence-corrected chi connectivity index (χ3v) is 5.14. The van der Waals surface area contributed by atoms with E-state index >= 15 is 0 Å². The zero-order valence-corrected chi connectivity index (χ0v) is 15.1. The Morgan fingerprint density at radius 2 is 2.20 bits per heavy atom. The standard InChI is InChI=1S/C19H28N2O4/c1-14-11-17(25-10-9-23-2)3-4-18(14)20-19(22)21-7-5-15(12-21)16-6-8-24-13-16/h3-4,11,15-16H,5-10,12-13H2,1-2H3,(H,20,22). The van der Waals surface area contributed by atoms with Gasteiger partial charge in [0.05, 0.1) is 6.61 Å². The van der Waals surface area contributed by atoms with E-state index in [1.807, 2.05) is 30.0 Å². The number of amides is 2. The van der Waals surface area contributed by atoms with E-state index in [1.165, 1.54) is 0 Å². The molecule has 6 heteroatoms. The quantitative estimate of drug-likeness (QED) is 0.803. The van der Waals surface area contributed by atoms with Gasteiger partial charge in [-0.3, -0.25) is 0 Å². The molecule has 0 spiro atoms. The number of likely N-dealkylation sites (tertiary alicyclic amines) is 1. The van der Waals surface area contributed by atoms with Gasteiger partial charge in [0.2, 0.25) is 0 Å². The number of anilines is 1. The molecule has 25 heavy (non-hydrogen) atoms. The van der Waals surface area contributed by atoms with E-state index in [9.17, 15) is 4.79 Å². The summed E-state index contributed by atoms with van der Waals surface area (Å²) in [4.78, 5) is 14.5. The third kappa shape index (κ3) is 4.64. The minimum atomic E-state index is -0.0161.